The summed E-state index contributed by atoms with van der Waals surface area (Å²) in [4.78, 5) is 0.242. The van der Waals surface area contributed by atoms with Crippen LogP contribution in [0.3, 0.4) is 0 Å². The Kier molecular flexibility index (Phi) is 5.56. The number of aliphatic hydroxyl groups excluding tert-OH is 1. The number of nitrogens with two attached hydrogens (primary N) is 1. The fourth-order valence-electron chi connectivity index (χ4n) is 2.23. The molecule has 0 aliphatic rings. The standard InChI is InChI=1S/C14H24N2O3S/c1-5-12(17)6-7-16-20(18,19)14-10(3)8-9(2)13(15)11(14)4/h8,12,16-17H,5-7,15H2,1-4H3. The van der Waals surface area contributed by atoms with Crippen molar-refractivity contribution in [1.82, 2.24) is 4.72 Å². The van der Waals surface area contributed by atoms with Crippen LogP contribution in [0.1, 0.15) is 36.5 Å². The van der Waals surface area contributed by atoms with E-state index < -0.39 is 16.1 Å². The molecule has 0 amide bonds. The van der Waals surface area contributed by atoms with Gasteiger partial charge in [-0.1, -0.05) is 13.0 Å². The summed E-state index contributed by atoms with van der Waals surface area (Å²) in [6.07, 6.45) is 0.523. The third-order valence-electron chi connectivity index (χ3n) is 3.47. The van der Waals surface area contributed by atoms with Gasteiger partial charge in [0.05, 0.1) is 11.0 Å². The second-order valence-electron chi connectivity index (χ2n) is 5.13. The quantitative estimate of drug-likeness (QED) is 0.696. The maximum Gasteiger partial charge on any atom is 0.241 e. The molecule has 0 heterocycles. The lowest BCUT2D eigenvalue weighted by Crippen LogP contribution is -2.28. The van der Waals surface area contributed by atoms with Gasteiger partial charge in [-0.05, 0) is 50.3 Å². The van der Waals surface area contributed by atoms with E-state index in [2.05, 4.69) is 4.72 Å². The highest BCUT2D eigenvalue weighted by atomic mass is 32.2. The number of sulfonamides is 1. The predicted molar refractivity (Wildman–Crippen MR) is 81.2 cm³/mol. The van der Waals surface area contributed by atoms with Crippen molar-refractivity contribution in [3.8, 4) is 0 Å². The van der Waals surface area contributed by atoms with Crippen LogP contribution >= 0.6 is 0 Å². The van der Waals surface area contributed by atoms with Gasteiger partial charge in [-0.25, -0.2) is 13.1 Å². The number of anilines is 1. The topological polar surface area (TPSA) is 92.4 Å². The van der Waals surface area contributed by atoms with Gasteiger partial charge in [0.25, 0.3) is 0 Å². The zero-order valence-corrected chi connectivity index (χ0v) is 13.3. The predicted octanol–water partition coefficient (Wildman–Crippen LogP) is 1.63. The van der Waals surface area contributed by atoms with Gasteiger partial charge < -0.3 is 10.8 Å². The first kappa shape index (κ1) is 16.9. The van der Waals surface area contributed by atoms with Crippen LogP contribution in [-0.2, 0) is 10.0 Å². The number of rotatable bonds is 6. The molecule has 1 aromatic rings. The molecule has 0 bridgehead atoms. The van der Waals surface area contributed by atoms with E-state index in [0.717, 1.165) is 5.56 Å². The van der Waals surface area contributed by atoms with Crippen LogP contribution in [-0.4, -0.2) is 26.2 Å². The maximum absolute atomic E-state index is 12.4. The molecule has 0 fully saturated rings. The molecule has 1 rings (SSSR count). The zero-order chi connectivity index (χ0) is 15.5. The number of hydrogen-bond acceptors (Lipinski definition) is 4. The van der Waals surface area contributed by atoms with E-state index in [1.165, 1.54) is 0 Å². The lowest BCUT2D eigenvalue weighted by molar-refractivity contribution is 0.162. The molecule has 4 N–H and O–H groups in total. The van der Waals surface area contributed by atoms with Crippen molar-refractivity contribution in [2.24, 2.45) is 0 Å². The molecule has 114 valence electrons. The van der Waals surface area contributed by atoms with Crippen molar-refractivity contribution in [3.63, 3.8) is 0 Å². The molecule has 20 heavy (non-hydrogen) atoms. The van der Waals surface area contributed by atoms with E-state index in [-0.39, 0.29) is 11.4 Å². The summed E-state index contributed by atoms with van der Waals surface area (Å²) in [5.74, 6) is 0. The summed E-state index contributed by atoms with van der Waals surface area (Å²) in [7, 11) is -3.61. The second-order valence-corrected chi connectivity index (χ2v) is 6.83. The van der Waals surface area contributed by atoms with Crippen LogP contribution in [0, 0.1) is 20.8 Å². The minimum Gasteiger partial charge on any atom is -0.398 e. The monoisotopic (exact) mass is 300 g/mol. The molecule has 0 radical (unpaired) electrons. The molecule has 0 spiro atoms. The van der Waals surface area contributed by atoms with Gasteiger partial charge in [-0.15, -0.1) is 0 Å². The summed E-state index contributed by atoms with van der Waals surface area (Å²) in [6.45, 7) is 7.40. The van der Waals surface area contributed by atoms with Gasteiger partial charge in [0.2, 0.25) is 10.0 Å². The Morgan fingerprint density at radius 2 is 1.90 bits per heavy atom. The normalized spacial score (nSPS) is 13.4. The van der Waals surface area contributed by atoms with Crippen molar-refractivity contribution in [1.29, 1.82) is 0 Å². The van der Waals surface area contributed by atoms with Gasteiger partial charge >= 0.3 is 0 Å². The Bertz CT molecular complexity index is 583. The Hall–Kier alpha value is -1.11. The van der Waals surface area contributed by atoms with E-state index in [9.17, 15) is 13.5 Å². The Balaban J connectivity index is 3.02. The van der Waals surface area contributed by atoms with Gasteiger partial charge in [-0.3, -0.25) is 0 Å². The largest absolute Gasteiger partial charge is 0.398 e. The van der Waals surface area contributed by atoms with E-state index in [1.54, 1.807) is 19.9 Å². The van der Waals surface area contributed by atoms with Crippen LogP contribution in [0.2, 0.25) is 0 Å². The highest BCUT2D eigenvalue weighted by molar-refractivity contribution is 7.89. The van der Waals surface area contributed by atoms with E-state index in [4.69, 9.17) is 5.73 Å². The van der Waals surface area contributed by atoms with Crippen molar-refractivity contribution in [3.05, 3.63) is 22.8 Å². The molecule has 0 saturated heterocycles. The molecule has 0 aromatic heterocycles. The number of hydrogen-bond donors (Lipinski definition) is 3. The van der Waals surface area contributed by atoms with E-state index >= 15 is 0 Å². The van der Waals surface area contributed by atoms with Crippen molar-refractivity contribution in [2.75, 3.05) is 12.3 Å². The average molecular weight is 300 g/mol. The van der Waals surface area contributed by atoms with Crippen LogP contribution < -0.4 is 10.5 Å². The highest BCUT2D eigenvalue weighted by Crippen LogP contribution is 2.27. The fourth-order valence-corrected chi connectivity index (χ4v) is 3.76. The molecule has 1 aromatic carbocycles. The Labute approximate surface area is 121 Å². The number of aliphatic hydroxyl groups is 1. The van der Waals surface area contributed by atoms with Crippen molar-refractivity contribution < 1.29 is 13.5 Å². The Morgan fingerprint density at radius 3 is 2.45 bits per heavy atom. The lowest BCUT2D eigenvalue weighted by Gasteiger charge is -2.16. The number of nitrogens with one attached hydrogen (secondary N) is 1. The molecule has 0 saturated carbocycles. The molecular formula is C14H24N2O3S. The summed E-state index contributed by atoms with van der Waals surface area (Å²) >= 11 is 0. The number of nitrogen functional groups attached to an aromatic ring is 1. The first-order chi connectivity index (χ1) is 9.20. The lowest BCUT2D eigenvalue weighted by atomic mass is 10.1. The second kappa shape index (κ2) is 6.56. The summed E-state index contributed by atoms with van der Waals surface area (Å²) in [5.41, 5.74) is 8.55. The zero-order valence-electron chi connectivity index (χ0n) is 12.5. The minimum absolute atomic E-state index is 0.212. The average Bonchev–Trinajstić information content (AvgIpc) is 2.35. The summed E-state index contributed by atoms with van der Waals surface area (Å²) in [5, 5.41) is 9.46. The first-order valence-electron chi connectivity index (χ1n) is 6.74. The smallest absolute Gasteiger partial charge is 0.241 e. The molecule has 0 aliphatic carbocycles. The van der Waals surface area contributed by atoms with Gasteiger partial charge in [-0.2, -0.15) is 0 Å². The molecular weight excluding hydrogens is 276 g/mol. The minimum atomic E-state index is -3.61. The van der Waals surface area contributed by atoms with E-state index in [1.807, 2.05) is 13.8 Å². The molecule has 6 heteroatoms. The fraction of sp³-hybridized carbons (Fsp3) is 0.571. The van der Waals surface area contributed by atoms with Gasteiger partial charge in [0.1, 0.15) is 0 Å². The van der Waals surface area contributed by atoms with Gasteiger partial charge in [0, 0.05) is 12.2 Å². The molecule has 5 nitrogen and oxygen atoms in total. The van der Waals surface area contributed by atoms with E-state index in [0.29, 0.717) is 29.7 Å². The van der Waals surface area contributed by atoms with Crippen LogP contribution in [0.4, 0.5) is 5.69 Å². The van der Waals surface area contributed by atoms with Crippen molar-refractivity contribution in [2.45, 2.75) is 51.5 Å². The maximum atomic E-state index is 12.4. The SMILES string of the molecule is CCC(O)CCNS(=O)(=O)c1c(C)cc(C)c(N)c1C. The van der Waals surface area contributed by atoms with Crippen LogP contribution in [0.15, 0.2) is 11.0 Å². The Morgan fingerprint density at radius 1 is 1.30 bits per heavy atom. The molecule has 1 atom stereocenters. The third kappa shape index (κ3) is 3.71. The van der Waals surface area contributed by atoms with Crippen LogP contribution in [0.25, 0.3) is 0 Å². The molecule has 1 unspecified atom stereocenters. The first-order valence-corrected chi connectivity index (χ1v) is 8.23. The van der Waals surface area contributed by atoms with Gasteiger partial charge in [0.15, 0.2) is 0 Å². The molecule has 0 aliphatic heterocycles. The third-order valence-corrected chi connectivity index (χ3v) is 5.22. The van der Waals surface area contributed by atoms with Crippen molar-refractivity contribution >= 4 is 15.7 Å². The number of aryl methyl sites for hydroxylation is 2. The number of benzene rings is 1. The highest BCUT2D eigenvalue weighted by Gasteiger charge is 2.21. The summed E-state index contributed by atoms with van der Waals surface area (Å²) < 4.78 is 27.2. The van der Waals surface area contributed by atoms with Crippen LogP contribution in [0.5, 0.6) is 0 Å². The summed E-state index contributed by atoms with van der Waals surface area (Å²) in [6, 6.07) is 1.78.